The summed E-state index contributed by atoms with van der Waals surface area (Å²) in [5.41, 5.74) is 8.20. The van der Waals surface area contributed by atoms with Crippen molar-refractivity contribution in [3.8, 4) is 16.9 Å². The predicted molar refractivity (Wildman–Crippen MR) is 88.4 cm³/mol. The average molecular weight is 339 g/mol. The Hall–Kier alpha value is -1.68. The van der Waals surface area contributed by atoms with Crippen LogP contribution in [0.25, 0.3) is 16.9 Å². The molecule has 106 valence electrons. The summed E-state index contributed by atoms with van der Waals surface area (Å²) in [4.78, 5) is 0. The summed E-state index contributed by atoms with van der Waals surface area (Å²) in [6, 6.07) is 14.4. The van der Waals surface area contributed by atoms with Gasteiger partial charge in [-0.1, -0.05) is 53.0 Å². The lowest BCUT2D eigenvalue weighted by Crippen LogP contribution is -2.02. The SMILES string of the molecule is Nc1cc(-c2ccccc2Cl)nn1-c1ccc(Cl)cc1Cl. The van der Waals surface area contributed by atoms with Crippen molar-refractivity contribution in [2.75, 3.05) is 5.73 Å². The van der Waals surface area contributed by atoms with Crippen molar-refractivity contribution in [2.24, 2.45) is 0 Å². The van der Waals surface area contributed by atoms with Crippen molar-refractivity contribution >= 4 is 40.6 Å². The van der Waals surface area contributed by atoms with E-state index < -0.39 is 0 Å². The summed E-state index contributed by atoms with van der Waals surface area (Å²) >= 11 is 18.3. The largest absolute Gasteiger partial charge is 0.384 e. The first-order valence-corrected chi connectivity index (χ1v) is 7.25. The molecule has 0 saturated carbocycles. The fraction of sp³-hybridized carbons (Fsp3) is 0. The number of hydrogen-bond donors (Lipinski definition) is 1. The molecule has 3 rings (SSSR count). The number of nitrogens with zero attached hydrogens (tertiary/aromatic N) is 2. The minimum atomic E-state index is 0.467. The predicted octanol–water partition coefficient (Wildman–Crippen LogP) is 5.08. The molecule has 1 heterocycles. The van der Waals surface area contributed by atoms with Crippen LogP contribution in [0, 0.1) is 0 Å². The highest BCUT2D eigenvalue weighted by Crippen LogP contribution is 2.31. The zero-order valence-corrected chi connectivity index (χ0v) is 13.0. The van der Waals surface area contributed by atoms with Gasteiger partial charge in [-0.05, 0) is 24.3 Å². The van der Waals surface area contributed by atoms with E-state index in [0.29, 0.717) is 32.3 Å². The molecule has 1 aromatic heterocycles. The molecule has 21 heavy (non-hydrogen) atoms. The Morgan fingerprint density at radius 2 is 1.67 bits per heavy atom. The highest BCUT2D eigenvalue weighted by atomic mass is 35.5. The van der Waals surface area contributed by atoms with Crippen molar-refractivity contribution < 1.29 is 0 Å². The lowest BCUT2D eigenvalue weighted by atomic mass is 10.1. The van der Waals surface area contributed by atoms with E-state index in [-0.39, 0.29) is 0 Å². The van der Waals surface area contributed by atoms with Gasteiger partial charge in [0.1, 0.15) is 5.82 Å². The summed E-state index contributed by atoms with van der Waals surface area (Å²) in [6.07, 6.45) is 0. The van der Waals surface area contributed by atoms with Crippen LogP contribution >= 0.6 is 34.8 Å². The Labute approximate surface area is 136 Å². The maximum atomic E-state index is 6.20. The van der Waals surface area contributed by atoms with Crippen LogP contribution < -0.4 is 5.73 Å². The van der Waals surface area contributed by atoms with Crippen molar-refractivity contribution in [1.29, 1.82) is 0 Å². The Morgan fingerprint density at radius 1 is 0.905 bits per heavy atom. The molecule has 0 amide bonds. The Balaban J connectivity index is 2.12. The molecule has 0 aliphatic rings. The molecular formula is C15H10Cl3N3. The molecule has 0 fully saturated rings. The summed E-state index contributed by atoms with van der Waals surface area (Å²) in [5.74, 6) is 0.467. The smallest absolute Gasteiger partial charge is 0.127 e. The monoisotopic (exact) mass is 337 g/mol. The number of benzene rings is 2. The molecule has 2 N–H and O–H groups in total. The van der Waals surface area contributed by atoms with Gasteiger partial charge in [0.2, 0.25) is 0 Å². The number of anilines is 1. The topological polar surface area (TPSA) is 43.8 Å². The second-order valence-corrected chi connectivity index (χ2v) is 5.69. The number of halogens is 3. The minimum absolute atomic E-state index is 0.467. The summed E-state index contributed by atoms with van der Waals surface area (Å²) in [5, 5.41) is 6.13. The number of nitrogens with two attached hydrogens (primary N) is 1. The van der Waals surface area contributed by atoms with Gasteiger partial charge < -0.3 is 5.73 Å². The zero-order valence-electron chi connectivity index (χ0n) is 10.7. The highest BCUT2D eigenvalue weighted by Gasteiger charge is 2.13. The van der Waals surface area contributed by atoms with Gasteiger partial charge in [0, 0.05) is 16.7 Å². The van der Waals surface area contributed by atoms with Crippen LogP contribution in [-0.2, 0) is 0 Å². The van der Waals surface area contributed by atoms with Gasteiger partial charge in [-0.3, -0.25) is 0 Å². The fourth-order valence-electron chi connectivity index (χ4n) is 2.04. The Kier molecular flexibility index (Phi) is 3.81. The van der Waals surface area contributed by atoms with Crippen LogP contribution in [-0.4, -0.2) is 9.78 Å². The first-order chi connectivity index (χ1) is 10.1. The Morgan fingerprint density at radius 3 is 2.38 bits per heavy atom. The van der Waals surface area contributed by atoms with E-state index in [4.69, 9.17) is 40.5 Å². The van der Waals surface area contributed by atoms with E-state index in [2.05, 4.69) is 5.10 Å². The molecule has 0 saturated heterocycles. The summed E-state index contributed by atoms with van der Waals surface area (Å²) in [7, 11) is 0. The maximum absolute atomic E-state index is 6.20. The van der Waals surface area contributed by atoms with Crippen LogP contribution in [0.2, 0.25) is 15.1 Å². The van der Waals surface area contributed by atoms with E-state index in [9.17, 15) is 0 Å². The first-order valence-electron chi connectivity index (χ1n) is 6.12. The van der Waals surface area contributed by atoms with Gasteiger partial charge in [-0.2, -0.15) is 5.10 Å². The van der Waals surface area contributed by atoms with Crippen molar-refractivity contribution in [3.05, 3.63) is 63.6 Å². The molecule has 6 heteroatoms. The molecule has 0 unspecified atom stereocenters. The quantitative estimate of drug-likeness (QED) is 0.708. The molecule has 0 atom stereocenters. The summed E-state index contributed by atoms with van der Waals surface area (Å²) < 4.78 is 1.57. The first kappa shape index (κ1) is 14.3. The van der Waals surface area contributed by atoms with Crippen molar-refractivity contribution in [2.45, 2.75) is 0 Å². The Bertz CT molecular complexity index is 812. The van der Waals surface area contributed by atoms with Crippen LogP contribution in [0.15, 0.2) is 48.5 Å². The standard InChI is InChI=1S/C15H10Cl3N3/c16-9-5-6-14(12(18)7-9)21-15(19)8-13(20-21)10-3-1-2-4-11(10)17/h1-8H,19H2. The third kappa shape index (κ3) is 2.72. The zero-order chi connectivity index (χ0) is 15.0. The average Bonchev–Trinajstić information content (AvgIpc) is 2.81. The van der Waals surface area contributed by atoms with Gasteiger partial charge >= 0.3 is 0 Å². The normalized spacial score (nSPS) is 10.8. The maximum Gasteiger partial charge on any atom is 0.127 e. The van der Waals surface area contributed by atoms with Crippen LogP contribution in [0.5, 0.6) is 0 Å². The number of nitrogen functional groups attached to an aromatic ring is 1. The third-order valence-electron chi connectivity index (χ3n) is 3.02. The van der Waals surface area contributed by atoms with E-state index in [1.807, 2.05) is 18.2 Å². The summed E-state index contributed by atoms with van der Waals surface area (Å²) in [6.45, 7) is 0. The van der Waals surface area contributed by atoms with Crippen LogP contribution in [0.3, 0.4) is 0 Å². The molecule has 2 aromatic carbocycles. The van der Waals surface area contributed by atoms with Crippen LogP contribution in [0.1, 0.15) is 0 Å². The molecule has 0 spiro atoms. The van der Waals surface area contributed by atoms with Crippen molar-refractivity contribution in [3.63, 3.8) is 0 Å². The lowest BCUT2D eigenvalue weighted by Gasteiger charge is -2.06. The molecule has 0 aliphatic carbocycles. The number of aromatic nitrogens is 2. The molecule has 3 aromatic rings. The van der Waals surface area contributed by atoms with E-state index in [0.717, 1.165) is 5.56 Å². The van der Waals surface area contributed by atoms with Gasteiger partial charge in [0.25, 0.3) is 0 Å². The fourth-order valence-corrected chi connectivity index (χ4v) is 2.76. The van der Waals surface area contributed by atoms with E-state index in [1.165, 1.54) is 0 Å². The van der Waals surface area contributed by atoms with Gasteiger partial charge in [0.05, 0.1) is 21.4 Å². The van der Waals surface area contributed by atoms with E-state index in [1.54, 1.807) is 35.0 Å². The molecule has 0 aliphatic heterocycles. The van der Waals surface area contributed by atoms with E-state index >= 15 is 0 Å². The minimum Gasteiger partial charge on any atom is -0.384 e. The molecule has 0 bridgehead atoms. The second kappa shape index (κ2) is 5.60. The van der Waals surface area contributed by atoms with Crippen LogP contribution in [0.4, 0.5) is 5.82 Å². The van der Waals surface area contributed by atoms with Gasteiger partial charge in [-0.15, -0.1) is 0 Å². The third-order valence-corrected chi connectivity index (χ3v) is 3.89. The highest BCUT2D eigenvalue weighted by molar-refractivity contribution is 6.35. The molecular weight excluding hydrogens is 329 g/mol. The molecule has 3 nitrogen and oxygen atoms in total. The van der Waals surface area contributed by atoms with Gasteiger partial charge in [-0.25, -0.2) is 4.68 Å². The van der Waals surface area contributed by atoms with Gasteiger partial charge in [0.15, 0.2) is 0 Å². The molecule has 0 radical (unpaired) electrons. The second-order valence-electron chi connectivity index (χ2n) is 4.44. The number of rotatable bonds is 2. The number of hydrogen-bond acceptors (Lipinski definition) is 2. The van der Waals surface area contributed by atoms with Crippen molar-refractivity contribution in [1.82, 2.24) is 9.78 Å². The lowest BCUT2D eigenvalue weighted by molar-refractivity contribution is 0.895.